The average Bonchev–Trinajstić information content (AvgIpc) is 2.90. The molecule has 0 aromatic heterocycles. The number of carbonyl (C=O) groups excluding carboxylic acids is 1. The van der Waals surface area contributed by atoms with Gasteiger partial charge in [0.1, 0.15) is 0 Å². The molecule has 2 rings (SSSR count). The quantitative estimate of drug-likeness (QED) is 0.856. The summed E-state index contributed by atoms with van der Waals surface area (Å²) >= 11 is 4.24. The molecule has 4 heteroatoms. The first kappa shape index (κ1) is 14.4. The van der Waals surface area contributed by atoms with Gasteiger partial charge in [-0.15, -0.1) is 12.6 Å². The number of rotatable bonds is 4. The molecule has 0 aliphatic carbocycles. The van der Waals surface area contributed by atoms with E-state index in [0.29, 0.717) is 6.04 Å². The molecule has 1 unspecified atom stereocenters. The summed E-state index contributed by atoms with van der Waals surface area (Å²) in [6.07, 6.45) is 1.08. The van der Waals surface area contributed by atoms with E-state index in [9.17, 15) is 4.79 Å². The van der Waals surface area contributed by atoms with E-state index < -0.39 is 0 Å². The number of hydrogen-bond donors (Lipinski definition) is 1. The van der Waals surface area contributed by atoms with E-state index in [1.807, 2.05) is 29.2 Å². The van der Waals surface area contributed by atoms with Crippen molar-refractivity contribution in [3.8, 4) is 0 Å². The number of amides is 1. The standard InChI is InChI=1S/C15H22N2OS/c1-3-16(4-2)13-9-10-17(11-13)15(18)12-5-7-14(19)8-6-12/h5-8,13,19H,3-4,9-11H2,1-2H3. The molecule has 104 valence electrons. The largest absolute Gasteiger partial charge is 0.337 e. The highest BCUT2D eigenvalue weighted by Crippen LogP contribution is 2.18. The molecule has 0 radical (unpaired) electrons. The van der Waals surface area contributed by atoms with Crippen LogP contribution in [0.2, 0.25) is 0 Å². The van der Waals surface area contributed by atoms with Crippen LogP contribution in [0.25, 0.3) is 0 Å². The van der Waals surface area contributed by atoms with Crippen molar-refractivity contribution in [2.75, 3.05) is 26.2 Å². The molecule has 1 fully saturated rings. The van der Waals surface area contributed by atoms with Crippen molar-refractivity contribution in [1.82, 2.24) is 9.80 Å². The lowest BCUT2D eigenvalue weighted by atomic mass is 10.2. The number of carbonyl (C=O) groups is 1. The van der Waals surface area contributed by atoms with Crippen LogP contribution in [0.4, 0.5) is 0 Å². The first-order valence-corrected chi connectivity index (χ1v) is 7.42. The van der Waals surface area contributed by atoms with Crippen LogP contribution in [0.5, 0.6) is 0 Å². The minimum absolute atomic E-state index is 0.142. The first-order valence-electron chi connectivity index (χ1n) is 6.98. The minimum Gasteiger partial charge on any atom is -0.337 e. The Morgan fingerprint density at radius 3 is 2.53 bits per heavy atom. The number of nitrogens with zero attached hydrogens (tertiary/aromatic N) is 2. The number of likely N-dealkylation sites (tertiary alicyclic amines) is 1. The topological polar surface area (TPSA) is 23.6 Å². The highest BCUT2D eigenvalue weighted by molar-refractivity contribution is 7.80. The van der Waals surface area contributed by atoms with Crippen molar-refractivity contribution in [1.29, 1.82) is 0 Å². The third-order valence-electron chi connectivity index (χ3n) is 3.89. The van der Waals surface area contributed by atoms with Gasteiger partial charge in [-0.25, -0.2) is 0 Å². The van der Waals surface area contributed by atoms with E-state index in [2.05, 4.69) is 31.4 Å². The van der Waals surface area contributed by atoms with Gasteiger partial charge in [-0.3, -0.25) is 9.69 Å². The van der Waals surface area contributed by atoms with E-state index in [4.69, 9.17) is 0 Å². The molecule has 0 N–H and O–H groups in total. The molecular formula is C15H22N2OS. The molecule has 1 saturated heterocycles. The molecule has 1 aromatic rings. The maximum Gasteiger partial charge on any atom is 0.253 e. The van der Waals surface area contributed by atoms with Gasteiger partial charge in [-0.2, -0.15) is 0 Å². The van der Waals surface area contributed by atoms with Gasteiger partial charge in [0.2, 0.25) is 0 Å². The summed E-state index contributed by atoms with van der Waals surface area (Å²) in [4.78, 5) is 17.7. The molecule has 1 amide bonds. The Kier molecular flexibility index (Phi) is 4.88. The summed E-state index contributed by atoms with van der Waals surface area (Å²) in [6.45, 7) is 8.18. The molecular weight excluding hydrogens is 256 g/mol. The Labute approximate surface area is 121 Å². The number of hydrogen-bond acceptors (Lipinski definition) is 3. The van der Waals surface area contributed by atoms with Crippen molar-refractivity contribution >= 4 is 18.5 Å². The Morgan fingerprint density at radius 1 is 1.32 bits per heavy atom. The maximum atomic E-state index is 12.4. The fourth-order valence-corrected chi connectivity index (χ4v) is 2.90. The summed E-state index contributed by atoms with van der Waals surface area (Å²) in [7, 11) is 0. The van der Waals surface area contributed by atoms with Crippen molar-refractivity contribution in [3.05, 3.63) is 29.8 Å². The SMILES string of the molecule is CCN(CC)C1CCN(C(=O)c2ccc(S)cc2)C1. The van der Waals surface area contributed by atoms with Gasteiger partial charge < -0.3 is 4.90 Å². The predicted octanol–water partition coefficient (Wildman–Crippen LogP) is 2.53. The highest BCUT2D eigenvalue weighted by Gasteiger charge is 2.29. The molecule has 1 aliphatic heterocycles. The second-order valence-electron chi connectivity index (χ2n) is 4.96. The van der Waals surface area contributed by atoms with Crippen molar-refractivity contribution in [3.63, 3.8) is 0 Å². The smallest absolute Gasteiger partial charge is 0.253 e. The summed E-state index contributed by atoms with van der Waals surface area (Å²) in [5.41, 5.74) is 0.762. The zero-order valence-corrected chi connectivity index (χ0v) is 12.6. The van der Waals surface area contributed by atoms with Crippen molar-refractivity contribution in [2.24, 2.45) is 0 Å². The molecule has 1 aliphatic rings. The lowest BCUT2D eigenvalue weighted by Crippen LogP contribution is -2.38. The Hall–Kier alpha value is -1.00. The lowest BCUT2D eigenvalue weighted by Gasteiger charge is -2.26. The monoisotopic (exact) mass is 278 g/mol. The second-order valence-corrected chi connectivity index (χ2v) is 5.48. The first-order chi connectivity index (χ1) is 9.15. The van der Waals surface area contributed by atoms with Crippen LogP contribution in [0, 0.1) is 0 Å². The highest BCUT2D eigenvalue weighted by atomic mass is 32.1. The molecule has 0 bridgehead atoms. The third kappa shape index (κ3) is 3.31. The molecule has 0 saturated carbocycles. The van der Waals surface area contributed by atoms with E-state index >= 15 is 0 Å². The summed E-state index contributed by atoms with van der Waals surface area (Å²) in [6, 6.07) is 7.97. The average molecular weight is 278 g/mol. The zero-order chi connectivity index (χ0) is 13.8. The Balaban J connectivity index is 2.00. The normalized spacial score (nSPS) is 19.2. The summed E-state index contributed by atoms with van der Waals surface area (Å²) in [5, 5.41) is 0. The zero-order valence-electron chi connectivity index (χ0n) is 11.7. The molecule has 19 heavy (non-hydrogen) atoms. The summed E-state index contributed by atoms with van der Waals surface area (Å²) < 4.78 is 0. The van der Waals surface area contributed by atoms with Gasteiger partial charge >= 0.3 is 0 Å². The van der Waals surface area contributed by atoms with Crippen molar-refractivity contribution in [2.45, 2.75) is 31.2 Å². The van der Waals surface area contributed by atoms with E-state index in [1.165, 1.54) is 0 Å². The van der Waals surface area contributed by atoms with Crippen LogP contribution in [-0.2, 0) is 0 Å². The second kappa shape index (κ2) is 6.44. The Bertz CT molecular complexity index is 428. The van der Waals surface area contributed by atoms with Gasteiger partial charge in [0.25, 0.3) is 5.91 Å². The van der Waals surface area contributed by atoms with Crippen LogP contribution in [-0.4, -0.2) is 47.9 Å². The van der Waals surface area contributed by atoms with Gasteiger partial charge in [-0.1, -0.05) is 13.8 Å². The predicted molar refractivity (Wildman–Crippen MR) is 80.9 cm³/mol. The van der Waals surface area contributed by atoms with E-state index in [1.54, 1.807) is 0 Å². The minimum atomic E-state index is 0.142. The maximum absolute atomic E-state index is 12.4. The van der Waals surface area contributed by atoms with E-state index in [-0.39, 0.29) is 5.91 Å². The lowest BCUT2D eigenvalue weighted by molar-refractivity contribution is 0.0778. The molecule has 1 heterocycles. The summed E-state index contributed by atoms with van der Waals surface area (Å²) in [5.74, 6) is 0.142. The van der Waals surface area contributed by atoms with Crippen molar-refractivity contribution < 1.29 is 4.79 Å². The molecule has 1 atom stereocenters. The fourth-order valence-electron chi connectivity index (χ4n) is 2.75. The fraction of sp³-hybridized carbons (Fsp3) is 0.533. The van der Waals surface area contributed by atoms with Gasteiger partial charge in [-0.05, 0) is 43.8 Å². The van der Waals surface area contributed by atoms with Crippen LogP contribution < -0.4 is 0 Å². The number of thiol groups is 1. The number of likely N-dealkylation sites (N-methyl/N-ethyl adjacent to an activating group) is 1. The molecule has 1 aromatic carbocycles. The van der Waals surface area contributed by atoms with E-state index in [0.717, 1.165) is 43.1 Å². The van der Waals surface area contributed by atoms with Crippen LogP contribution in [0.3, 0.4) is 0 Å². The number of benzene rings is 1. The molecule has 3 nitrogen and oxygen atoms in total. The van der Waals surface area contributed by atoms with Crippen LogP contribution in [0.15, 0.2) is 29.2 Å². The third-order valence-corrected chi connectivity index (χ3v) is 4.19. The Morgan fingerprint density at radius 2 is 1.95 bits per heavy atom. The van der Waals surface area contributed by atoms with Gasteiger partial charge in [0.15, 0.2) is 0 Å². The van der Waals surface area contributed by atoms with Crippen LogP contribution in [0.1, 0.15) is 30.6 Å². The van der Waals surface area contributed by atoms with Gasteiger partial charge in [0, 0.05) is 29.6 Å². The van der Waals surface area contributed by atoms with Crippen LogP contribution >= 0.6 is 12.6 Å². The van der Waals surface area contributed by atoms with Gasteiger partial charge in [0.05, 0.1) is 0 Å². The molecule has 0 spiro atoms.